The van der Waals surface area contributed by atoms with Gasteiger partial charge in [0.1, 0.15) is 12.5 Å². The van der Waals surface area contributed by atoms with Gasteiger partial charge in [-0.2, -0.15) is 0 Å². The Morgan fingerprint density at radius 3 is 1.70 bits per heavy atom. The quantitative estimate of drug-likeness (QED) is 0.358. The van der Waals surface area contributed by atoms with E-state index in [-0.39, 0.29) is 5.82 Å². The predicted octanol–water partition coefficient (Wildman–Crippen LogP) is 7.34. The van der Waals surface area contributed by atoms with Gasteiger partial charge in [-0.05, 0) is 36.8 Å². The fourth-order valence-corrected chi connectivity index (χ4v) is 3.62. The van der Waals surface area contributed by atoms with Crippen molar-refractivity contribution >= 4 is 63.7 Å². The van der Waals surface area contributed by atoms with Gasteiger partial charge < -0.3 is 0 Å². The molecule has 6 heteroatoms. The van der Waals surface area contributed by atoms with Crippen LogP contribution in [0.3, 0.4) is 0 Å². The average Bonchev–Trinajstić information content (AvgIpc) is 2.37. The normalized spacial score (nSPS) is 9.95. The molecule has 0 nitrogen and oxygen atoms in total. The van der Waals surface area contributed by atoms with Crippen LogP contribution in [0, 0.1) is 12.7 Å². The lowest BCUT2D eigenvalue weighted by Gasteiger charge is -2.00. The molecule has 2 rings (SSSR count). The fraction of sp³-hybridized carbons (Fsp3) is 0.143. The van der Waals surface area contributed by atoms with Gasteiger partial charge in [0.15, 0.2) is 0 Å². The molecule has 0 aromatic heterocycles. The highest BCUT2D eigenvalue weighted by molar-refractivity contribution is 9.11. The van der Waals surface area contributed by atoms with E-state index in [9.17, 15) is 8.78 Å². The molecule has 0 saturated heterocycles. The summed E-state index contributed by atoms with van der Waals surface area (Å²) in [5.74, 6) is -0.232. The topological polar surface area (TPSA) is 0 Å². The second kappa shape index (κ2) is 8.61. The number of alkyl halides is 1. The van der Waals surface area contributed by atoms with Gasteiger partial charge in [0.2, 0.25) is 0 Å². The van der Waals surface area contributed by atoms with E-state index < -0.39 is 6.67 Å². The van der Waals surface area contributed by atoms with Crippen molar-refractivity contribution in [2.75, 3.05) is 0 Å². The van der Waals surface area contributed by atoms with Gasteiger partial charge in [-0.1, -0.05) is 69.8 Å². The highest BCUT2D eigenvalue weighted by atomic mass is 79.9. The molecule has 20 heavy (non-hydrogen) atoms. The molecule has 2 aromatic carbocycles. The maximum absolute atomic E-state index is 12.5. The number of benzene rings is 2. The van der Waals surface area contributed by atoms with E-state index in [1.807, 2.05) is 25.1 Å². The summed E-state index contributed by atoms with van der Waals surface area (Å²) in [4.78, 5) is 0. The van der Waals surface area contributed by atoms with Gasteiger partial charge in [0.05, 0.1) is 0 Å². The molecule has 0 saturated carbocycles. The fourth-order valence-electron chi connectivity index (χ4n) is 1.27. The third kappa shape index (κ3) is 5.20. The van der Waals surface area contributed by atoms with E-state index in [4.69, 9.17) is 0 Å². The van der Waals surface area contributed by atoms with Crippen molar-refractivity contribution in [3.05, 3.63) is 65.2 Å². The van der Waals surface area contributed by atoms with Crippen LogP contribution >= 0.6 is 63.7 Å². The van der Waals surface area contributed by atoms with Crippen LogP contribution in [-0.4, -0.2) is 0 Å². The smallest absolute Gasteiger partial charge is 0.125 e. The molecule has 0 fully saturated rings. The van der Waals surface area contributed by atoms with E-state index in [2.05, 4.69) is 63.7 Å². The van der Waals surface area contributed by atoms with Crippen LogP contribution in [-0.2, 0) is 6.67 Å². The Hall–Kier alpha value is 0.220. The summed E-state index contributed by atoms with van der Waals surface area (Å²) in [6, 6.07) is 8.38. The molecule has 0 unspecified atom stereocenters. The van der Waals surface area contributed by atoms with E-state index in [0.717, 1.165) is 23.5 Å². The molecule has 0 aliphatic carbocycles. The van der Waals surface area contributed by atoms with Crippen molar-refractivity contribution in [3.8, 4) is 0 Å². The van der Waals surface area contributed by atoms with Crippen molar-refractivity contribution in [1.82, 2.24) is 0 Å². The molecule has 0 bridgehead atoms. The second-order valence-corrected chi connectivity index (χ2v) is 7.25. The van der Waals surface area contributed by atoms with Crippen LogP contribution in [0.15, 0.2) is 48.2 Å². The van der Waals surface area contributed by atoms with Crippen molar-refractivity contribution in [1.29, 1.82) is 0 Å². The number of halogens is 6. The summed E-state index contributed by atoms with van der Waals surface area (Å²) in [7, 11) is 0. The zero-order chi connectivity index (χ0) is 15.3. The Labute approximate surface area is 150 Å². The molecule has 0 aliphatic heterocycles. The predicted molar refractivity (Wildman–Crippen MR) is 93.2 cm³/mol. The molecule has 0 aliphatic rings. The highest BCUT2D eigenvalue weighted by Gasteiger charge is 2.02. The molecule has 108 valence electrons. The van der Waals surface area contributed by atoms with Gasteiger partial charge in [0, 0.05) is 23.5 Å². The first-order valence-electron chi connectivity index (χ1n) is 5.46. The SMILES string of the molecule is Cc1c(Br)cc(F)cc1Br.FCc1c(Br)cccc1Br. The van der Waals surface area contributed by atoms with E-state index in [1.54, 1.807) is 0 Å². The summed E-state index contributed by atoms with van der Waals surface area (Å²) < 4.78 is 27.9. The Bertz CT molecular complexity index is 556. The van der Waals surface area contributed by atoms with Crippen LogP contribution in [0.2, 0.25) is 0 Å². The molecular weight excluding hydrogens is 526 g/mol. The first-order chi connectivity index (χ1) is 9.36. The lowest BCUT2D eigenvalue weighted by atomic mass is 10.2. The molecular formula is C14H10Br4F2. The summed E-state index contributed by atoms with van der Waals surface area (Å²) in [5.41, 5.74) is 1.68. The van der Waals surface area contributed by atoms with Crippen LogP contribution in [0.5, 0.6) is 0 Å². The maximum Gasteiger partial charge on any atom is 0.125 e. The van der Waals surface area contributed by atoms with Crippen molar-refractivity contribution in [2.24, 2.45) is 0 Å². The Morgan fingerprint density at radius 2 is 1.35 bits per heavy atom. The molecule has 0 atom stereocenters. The van der Waals surface area contributed by atoms with Crippen LogP contribution in [0.4, 0.5) is 8.78 Å². The van der Waals surface area contributed by atoms with Crippen molar-refractivity contribution < 1.29 is 8.78 Å². The van der Waals surface area contributed by atoms with Crippen molar-refractivity contribution in [2.45, 2.75) is 13.6 Å². The van der Waals surface area contributed by atoms with E-state index >= 15 is 0 Å². The molecule has 2 aromatic rings. The summed E-state index contributed by atoms with van der Waals surface area (Å²) >= 11 is 12.9. The Balaban J connectivity index is 0.000000200. The lowest BCUT2D eigenvalue weighted by molar-refractivity contribution is 0.482. The standard InChI is InChI=1S/2C7H5Br2F/c1-4-6(8)2-5(10)3-7(4)9;8-6-2-1-3-7(9)5(6)4-10/h2-3H,1H3;1-3H,4H2. The van der Waals surface area contributed by atoms with Gasteiger partial charge in [-0.15, -0.1) is 0 Å². The molecule has 0 spiro atoms. The van der Waals surface area contributed by atoms with Gasteiger partial charge in [-0.3, -0.25) is 0 Å². The van der Waals surface area contributed by atoms with E-state index in [0.29, 0.717) is 5.56 Å². The van der Waals surface area contributed by atoms with Crippen LogP contribution < -0.4 is 0 Å². The number of rotatable bonds is 1. The Morgan fingerprint density at radius 1 is 0.900 bits per heavy atom. The maximum atomic E-state index is 12.5. The minimum absolute atomic E-state index is 0.232. The van der Waals surface area contributed by atoms with Crippen LogP contribution in [0.25, 0.3) is 0 Å². The zero-order valence-electron chi connectivity index (χ0n) is 10.4. The first-order valence-corrected chi connectivity index (χ1v) is 8.64. The van der Waals surface area contributed by atoms with Gasteiger partial charge in [-0.25, -0.2) is 8.78 Å². The minimum atomic E-state index is -0.442. The average molecular weight is 536 g/mol. The minimum Gasteiger partial charge on any atom is -0.246 e. The zero-order valence-corrected chi connectivity index (χ0v) is 16.7. The van der Waals surface area contributed by atoms with Gasteiger partial charge >= 0.3 is 0 Å². The largest absolute Gasteiger partial charge is 0.246 e. The number of hydrogen-bond donors (Lipinski definition) is 0. The molecule has 0 amide bonds. The van der Waals surface area contributed by atoms with Crippen LogP contribution in [0.1, 0.15) is 11.1 Å². The van der Waals surface area contributed by atoms with Crippen molar-refractivity contribution in [3.63, 3.8) is 0 Å². The summed E-state index contributed by atoms with van der Waals surface area (Å²) in [6.07, 6.45) is 0. The molecule has 0 heterocycles. The summed E-state index contributed by atoms with van der Waals surface area (Å²) in [6.45, 7) is 1.47. The first kappa shape index (κ1) is 18.3. The van der Waals surface area contributed by atoms with E-state index in [1.165, 1.54) is 12.1 Å². The monoisotopic (exact) mass is 532 g/mol. The molecule has 0 radical (unpaired) electrons. The summed E-state index contributed by atoms with van der Waals surface area (Å²) in [5, 5.41) is 0. The third-order valence-corrected chi connectivity index (χ3v) is 5.57. The third-order valence-electron chi connectivity index (χ3n) is 2.44. The number of hydrogen-bond acceptors (Lipinski definition) is 0. The Kier molecular flexibility index (Phi) is 7.87. The molecule has 0 N–H and O–H groups in total. The van der Waals surface area contributed by atoms with Gasteiger partial charge in [0.25, 0.3) is 0 Å². The second-order valence-electron chi connectivity index (χ2n) is 3.83. The highest BCUT2D eigenvalue weighted by Crippen LogP contribution is 2.26. The lowest BCUT2D eigenvalue weighted by Crippen LogP contribution is -1.81.